The third-order valence-corrected chi connectivity index (χ3v) is 7.19. The Morgan fingerprint density at radius 2 is 1.91 bits per heavy atom. The molecular formula is C24H26F2N4O3S. The Hall–Kier alpha value is -3.11. The molecule has 0 atom stereocenters. The van der Waals surface area contributed by atoms with Crippen LogP contribution < -0.4 is 11.2 Å². The Bertz CT molecular complexity index is 1510. The maximum atomic E-state index is 14.5. The molecule has 0 spiro atoms. The van der Waals surface area contributed by atoms with E-state index < -0.39 is 29.5 Å². The quantitative estimate of drug-likeness (QED) is 0.432. The topological polar surface area (TPSA) is 92.9 Å². The second-order valence-electron chi connectivity index (χ2n) is 8.91. The number of fused-ring (bicyclic) bond motifs is 1. The van der Waals surface area contributed by atoms with Gasteiger partial charge in [-0.1, -0.05) is 13.8 Å². The van der Waals surface area contributed by atoms with E-state index in [9.17, 15) is 23.5 Å². The van der Waals surface area contributed by atoms with Gasteiger partial charge < -0.3 is 5.11 Å². The molecular weight excluding hydrogens is 462 g/mol. The van der Waals surface area contributed by atoms with Gasteiger partial charge in [-0.3, -0.25) is 19.0 Å². The van der Waals surface area contributed by atoms with Crippen LogP contribution in [0.5, 0.6) is 0 Å². The molecule has 0 amide bonds. The summed E-state index contributed by atoms with van der Waals surface area (Å²) in [5.41, 5.74) is 2.14. The molecule has 2 N–H and O–H groups in total. The van der Waals surface area contributed by atoms with Crippen molar-refractivity contribution in [2.24, 2.45) is 13.0 Å². The zero-order chi connectivity index (χ0) is 24.9. The van der Waals surface area contributed by atoms with Crippen molar-refractivity contribution in [3.05, 3.63) is 72.0 Å². The number of H-pyrrole nitrogens is 1. The van der Waals surface area contributed by atoms with Gasteiger partial charge in [-0.25, -0.2) is 13.6 Å². The van der Waals surface area contributed by atoms with E-state index in [4.69, 9.17) is 0 Å². The van der Waals surface area contributed by atoms with Gasteiger partial charge in [-0.2, -0.15) is 5.10 Å². The number of hydrogen-bond donors (Lipinski definition) is 2. The predicted molar refractivity (Wildman–Crippen MR) is 128 cm³/mol. The molecule has 180 valence electrons. The SMILES string of the molecule is Cc1n[nH]c(C)c1Cc1sc2c(c1-c1cc(F)c(F)c(CO)c1)c(=O)n(C)c(=O)n2CC(C)C. The lowest BCUT2D eigenvalue weighted by Gasteiger charge is -2.12. The number of nitrogens with zero attached hydrogens (tertiary/aromatic N) is 3. The van der Waals surface area contributed by atoms with E-state index in [2.05, 4.69) is 10.2 Å². The Labute approximate surface area is 198 Å². The average Bonchev–Trinajstić information content (AvgIpc) is 3.32. The van der Waals surface area contributed by atoms with Crippen molar-refractivity contribution in [2.45, 2.75) is 47.3 Å². The highest BCUT2D eigenvalue weighted by atomic mass is 32.1. The minimum Gasteiger partial charge on any atom is -0.392 e. The van der Waals surface area contributed by atoms with Gasteiger partial charge in [0, 0.05) is 47.3 Å². The molecule has 10 heteroatoms. The molecule has 0 radical (unpaired) electrons. The number of aryl methyl sites for hydroxylation is 2. The fourth-order valence-corrected chi connectivity index (χ4v) is 5.56. The number of halogens is 2. The molecule has 34 heavy (non-hydrogen) atoms. The number of thiophene rings is 1. The van der Waals surface area contributed by atoms with Gasteiger partial charge in [0.25, 0.3) is 5.56 Å². The van der Waals surface area contributed by atoms with Crippen molar-refractivity contribution < 1.29 is 13.9 Å². The van der Waals surface area contributed by atoms with Gasteiger partial charge in [0.2, 0.25) is 0 Å². The van der Waals surface area contributed by atoms with Crippen LogP contribution >= 0.6 is 11.3 Å². The van der Waals surface area contributed by atoms with Crippen LogP contribution in [0.25, 0.3) is 21.3 Å². The molecule has 3 heterocycles. The van der Waals surface area contributed by atoms with Crippen molar-refractivity contribution in [2.75, 3.05) is 0 Å². The second-order valence-corrected chi connectivity index (χ2v) is 9.99. The van der Waals surface area contributed by atoms with Gasteiger partial charge in [0.05, 0.1) is 17.7 Å². The van der Waals surface area contributed by atoms with Crippen molar-refractivity contribution in [1.29, 1.82) is 0 Å². The number of benzene rings is 1. The van der Waals surface area contributed by atoms with Crippen LogP contribution in [0.4, 0.5) is 8.78 Å². The number of rotatable bonds is 6. The Kier molecular flexibility index (Phi) is 6.30. The van der Waals surface area contributed by atoms with Crippen molar-refractivity contribution in [1.82, 2.24) is 19.3 Å². The van der Waals surface area contributed by atoms with Crippen LogP contribution in [0.2, 0.25) is 0 Å². The molecule has 0 unspecified atom stereocenters. The van der Waals surface area contributed by atoms with E-state index >= 15 is 0 Å². The summed E-state index contributed by atoms with van der Waals surface area (Å²) in [7, 11) is 1.41. The lowest BCUT2D eigenvalue weighted by molar-refractivity contribution is 0.273. The van der Waals surface area contributed by atoms with Crippen LogP contribution in [-0.2, 0) is 26.6 Å². The van der Waals surface area contributed by atoms with Crippen molar-refractivity contribution >= 4 is 21.6 Å². The predicted octanol–water partition coefficient (Wildman–Crippen LogP) is 3.79. The van der Waals surface area contributed by atoms with Crippen molar-refractivity contribution in [3.8, 4) is 11.1 Å². The first-order valence-electron chi connectivity index (χ1n) is 10.9. The number of aromatic amines is 1. The summed E-state index contributed by atoms with van der Waals surface area (Å²) in [6.45, 7) is 7.40. The molecule has 3 aromatic heterocycles. The van der Waals surface area contributed by atoms with Crippen LogP contribution in [0.1, 0.15) is 41.2 Å². The van der Waals surface area contributed by atoms with Gasteiger partial charge in [-0.05, 0) is 37.5 Å². The maximum absolute atomic E-state index is 14.5. The van der Waals surface area contributed by atoms with Crippen LogP contribution in [0.3, 0.4) is 0 Å². The molecule has 0 fully saturated rings. The molecule has 0 aliphatic carbocycles. The third-order valence-electron chi connectivity index (χ3n) is 5.97. The summed E-state index contributed by atoms with van der Waals surface area (Å²) in [4.78, 5) is 27.6. The van der Waals surface area contributed by atoms with E-state index in [1.807, 2.05) is 27.7 Å². The zero-order valence-electron chi connectivity index (χ0n) is 19.6. The summed E-state index contributed by atoms with van der Waals surface area (Å²) in [6, 6.07) is 2.39. The Morgan fingerprint density at radius 3 is 2.50 bits per heavy atom. The first kappa shape index (κ1) is 24.0. The lowest BCUT2D eigenvalue weighted by Crippen LogP contribution is -2.38. The number of aromatic nitrogens is 4. The highest BCUT2D eigenvalue weighted by molar-refractivity contribution is 7.19. The van der Waals surface area contributed by atoms with Gasteiger partial charge in [0.15, 0.2) is 11.6 Å². The fraction of sp³-hybridized carbons (Fsp3) is 0.375. The molecule has 4 rings (SSSR count). The minimum absolute atomic E-state index is 0.134. The lowest BCUT2D eigenvalue weighted by atomic mass is 9.97. The highest BCUT2D eigenvalue weighted by Crippen LogP contribution is 2.39. The highest BCUT2D eigenvalue weighted by Gasteiger charge is 2.25. The first-order valence-corrected chi connectivity index (χ1v) is 11.7. The summed E-state index contributed by atoms with van der Waals surface area (Å²) in [5.74, 6) is -2.11. The van der Waals surface area contributed by atoms with Crippen LogP contribution in [0.15, 0.2) is 21.7 Å². The summed E-state index contributed by atoms with van der Waals surface area (Å²) in [6.07, 6.45) is 0.384. The normalized spacial score (nSPS) is 11.8. The van der Waals surface area contributed by atoms with Crippen molar-refractivity contribution in [3.63, 3.8) is 0 Å². The first-order chi connectivity index (χ1) is 16.0. The van der Waals surface area contributed by atoms with Crippen LogP contribution in [-0.4, -0.2) is 24.4 Å². The van der Waals surface area contributed by atoms with E-state index in [0.29, 0.717) is 23.4 Å². The van der Waals surface area contributed by atoms with E-state index in [1.165, 1.54) is 24.5 Å². The molecule has 0 saturated carbocycles. The molecule has 7 nitrogen and oxygen atoms in total. The van der Waals surface area contributed by atoms with Gasteiger partial charge >= 0.3 is 5.69 Å². The molecule has 0 saturated heterocycles. The maximum Gasteiger partial charge on any atom is 0.331 e. The average molecular weight is 489 g/mol. The van der Waals surface area contributed by atoms with E-state index in [-0.39, 0.29) is 22.4 Å². The molecule has 0 aliphatic rings. The fourth-order valence-electron chi connectivity index (χ4n) is 4.23. The standard InChI is InChI=1S/C24H26F2N4O3S/c1-11(2)9-30-23-20(22(32)29(5)24(30)33)19(14-6-15(10-31)21(26)17(25)7-14)18(34-23)8-16-12(3)27-28-13(16)4/h6-7,11,31H,8-10H2,1-5H3,(H,27,28). The monoisotopic (exact) mass is 488 g/mol. The Balaban J connectivity index is 2.14. The number of nitrogens with one attached hydrogen (secondary N) is 1. The van der Waals surface area contributed by atoms with Crippen LogP contribution in [0, 0.1) is 31.4 Å². The largest absolute Gasteiger partial charge is 0.392 e. The van der Waals surface area contributed by atoms with Gasteiger partial charge in [-0.15, -0.1) is 11.3 Å². The van der Waals surface area contributed by atoms with E-state index in [1.54, 1.807) is 4.57 Å². The Morgan fingerprint density at radius 1 is 1.21 bits per heavy atom. The molecule has 0 aliphatic heterocycles. The number of aliphatic hydroxyl groups is 1. The smallest absolute Gasteiger partial charge is 0.331 e. The van der Waals surface area contributed by atoms with Gasteiger partial charge in [0.1, 0.15) is 4.83 Å². The van der Waals surface area contributed by atoms with E-state index in [0.717, 1.165) is 32.5 Å². The summed E-state index contributed by atoms with van der Waals surface area (Å²) >= 11 is 1.29. The minimum atomic E-state index is -1.13. The third kappa shape index (κ3) is 3.90. The second kappa shape index (κ2) is 8.92. The number of hydrogen-bond acceptors (Lipinski definition) is 5. The zero-order valence-corrected chi connectivity index (χ0v) is 20.4. The molecule has 4 aromatic rings. The molecule has 0 bridgehead atoms. The molecule has 1 aromatic carbocycles. The summed E-state index contributed by atoms with van der Waals surface area (Å²) < 4.78 is 31.3. The number of aliphatic hydroxyl groups excluding tert-OH is 1. The summed E-state index contributed by atoms with van der Waals surface area (Å²) in [5, 5.41) is 17.0.